The van der Waals surface area contributed by atoms with Gasteiger partial charge in [-0.25, -0.2) is 0 Å². The fourth-order valence-electron chi connectivity index (χ4n) is 1.32. The third kappa shape index (κ3) is 5.86. The van der Waals surface area contributed by atoms with Gasteiger partial charge in [0.25, 0.3) is 0 Å². The van der Waals surface area contributed by atoms with Crippen molar-refractivity contribution in [3.63, 3.8) is 0 Å². The van der Waals surface area contributed by atoms with Crippen LogP contribution in [0.4, 0.5) is 0 Å². The zero-order valence-corrected chi connectivity index (χ0v) is 9.79. The molecule has 3 N–H and O–H groups in total. The van der Waals surface area contributed by atoms with E-state index in [1.165, 1.54) is 0 Å². The van der Waals surface area contributed by atoms with Crippen molar-refractivity contribution in [1.29, 1.82) is 0 Å². The molecule has 0 aliphatic heterocycles. The molecule has 0 aliphatic rings. The maximum atomic E-state index is 8.08. The van der Waals surface area contributed by atoms with Crippen molar-refractivity contribution in [2.75, 3.05) is 19.6 Å². The Balaban J connectivity index is 2.14. The fraction of sp³-hybridized carbons (Fsp3) is 0.778. The molecule has 8 nitrogen and oxygen atoms in total. The second-order valence-electron chi connectivity index (χ2n) is 3.60. The van der Waals surface area contributed by atoms with E-state index in [1.54, 1.807) is 4.68 Å². The van der Waals surface area contributed by atoms with Gasteiger partial charge in [0.1, 0.15) is 0 Å². The van der Waals surface area contributed by atoms with Crippen LogP contribution < -0.4 is 11.1 Å². The normalized spacial score (nSPS) is 10.2. The Morgan fingerprint density at radius 3 is 3.18 bits per heavy atom. The summed E-state index contributed by atoms with van der Waals surface area (Å²) in [4.78, 5) is 2.68. The second-order valence-corrected chi connectivity index (χ2v) is 3.60. The maximum absolute atomic E-state index is 8.08. The zero-order valence-electron chi connectivity index (χ0n) is 9.79. The van der Waals surface area contributed by atoms with Crippen LogP contribution in [0.15, 0.2) is 11.3 Å². The molecule has 0 unspecified atom stereocenters. The molecule has 0 saturated carbocycles. The molecule has 94 valence electrons. The molecule has 1 heterocycles. The Morgan fingerprint density at radius 1 is 1.53 bits per heavy atom. The Bertz CT molecular complexity index is 354. The molecule has 8 heteroatoms. The lowest BCUT2D eigenvalue weighted by Crippen LogP contribution is -2.15. The molecule has 0 atom stereocenters. The molecule has 0 amide bonds. The number of aromatic nitrogens is 3. The third-order valence-electron chi connectivity index (χ3n) is 2.16. The van der Waals surface area contributed by atoms with E-state index in [9.17, 15) is 0 Å². The quantitative estimate of drug-likeness (QED) is 0.280. The summed E-state index contributed by atoms with van der Waals surface area (Å²) < 4.78 is 1.80. The third-order valence-corrected chi connectivity index (χ3v) is 2.16. The molecule has 0 bridgehead atoms. The fourth-order valence-corrected chi connectivity index (χ4v) is 1.32. The predicted molar refractivity (Wildman–Crippen MR) is 64.0 cm³/mol. The largest absolute Gasteiger partial charge is 0.330 e. The molecule has 1 aromatic heterocycles. The first-order chi connectivity index (χ1) is 8.36. The van der Waals surface area contributed by atoms with Crippen LogP contribution in [0, 0.1) is 0 Å². The lowest BCUT2D eigenvalue weighted by Gasteiger charge is -1.99. The smallest absolute Gasteiger partial charge is 0.0964 e. The van der Waals surface area contributed by atoms with Gasteiger partial charge in [-0.3, -0.25) is 4.68 Å². The van der Waals surface area contributed by atoms with Crippen LogP contribution in [0.1, 0.15) is 18.5 Å². The zero-order chi connectivity index (χ0) is 12.3. The highest BCUT2D eigenvalue weighted by atomic mass is 15.4. The van der Waals surface area contributed by atoms with Gasteiger partial charge < -0.3 is 11.1 Å². The van der Waals surface area contributed by atoms with E-state index in [1.807, 2.05) is 6.20 Å². The van der Waals surface area contributed by atoms with E-state index in [0.717, 1.165) is 31.6 Å². The van der Waals surface area contributed by atoms with Crippen molar-refractivity contribution in [3.8, 4) is 0 Å². The number of nitrogens with one attached hydrogen (secondary N) is 1. The van der Waals surface area contributed by atoms with Gasteiger partial charge in [-0.15, -0.1) is 5.10 Å². The highest BCUT2D eigenvalue weighted by Gasteiger charge is 1.99. The van der Waals surface area contributed by atoms with Crippen LogP contribution in [0.2, 0.25) is 0 Å². The second kappa shape index (κ2) is 8.51. The minimum atomic E-state index is 0.521. The lowest BCUT2D eigenvalue weighted by molar-refractivity contribution is 0.564. The van der Waals surface area contributed by atoms with Crippen molar-refractivity contribution in [2.24, 2.45) is 10.8 Å². The molecule has 1 aromatic rings. The van der Waals surface area contributed by atoms with Gasteiger partial charge in [0.2, 0.25) is 0 Å². The molecule has 0 spiro atoms. The maximum Gasteiger partial charge on any atom is 0.0964 e. The predicted octanol–water partition coefficient (Wildman–Crippen LogP) is 0.417. The minimum Gasteiger partial charge on any atom is -0.330 e. The average Bonchev–Trinajstić information content (AvgIpc) is 2.79. The van der Waals surface area contributed by atoms with E-state index >= 15 is 0 Å². The van der Waals surface area contributed by atoms with Crippen LogP contribution in [0.25, 0.3) is 10.4 Å². The summed E-state index contributed by atoms with van der Waals surface area (Å²) in [6.07, 6.45) is 3.64. The van der Waals surface area contributed by atoms with Gasteiger partial charge in [-0.1, -0.05) is 10.3 Å². The number of azide groups is 1. The van der Waals surface area contributed by atoms with Gasteiger partial charge in [0.05, 0.1) is 5.69 Å². The van der Waals surface area contributed by atoms with E-state index < -0.39 is 0 Å². The van der Waals surface area contributed by atoms with Crippen molar-refractivity contribution >= 4 is 0 Å². The number of nitrogens with two attached hydrogens (primary N) is 1. The summed E-state index contributed by atoms with van der Waals surface area (Å²) in [5.74, 6) is 0. The number of hydrogen-bond donors (Lipinski definition) is 2. The monoisotopic (exact) mass is 238 g/mol. The summed E-state index contributed by atoms with van der Waals surface area (Å²) in [5.41, 5.74) is 14.4. The van der Waals surface area contributed by atoms with E-state index in [4.69, 9.17) is 11.3 Å². The van der Waals surface area contributed by atoms with Gasteiger partial charge in [0.15, 0.2) is 0 Å². The van der Waals surface area contributed by atoms with Gasteiger partial charge >= 0.3 is 0 Å². The number of aryl methyl sites for hydroxylation is 1. The molecule has 17 heavy (non-hydrogen) atoms. The summed E-state index contributed by atoms with van der Waals surface area (Å²) in [6, 6.07) is 0. The molecule has 0 radical (unpaired) electrons. The summed E-state index contributed by atoms with van der Waals surface area (Å²) in [6.45, 7) is 3.47. The highest BCUT2D eigenvalue weighted by Crippen LogP contribution is 1.94. The van der Waals surface area contributed by atoms with Gasteiger partial charge in [0, 0.05) is 30.7 Å². The molecular weight excluding hydrogens is 220 g/mol. The Hall–Kier alpha value is -1.63. The molecule has 0 fully saturated rings. The number of rotatable bonds is 9. The topological polar surface area (TPSA) is 118 Å². The van der Waals surface area contributed by atoms with Crippen LogP contribution >= 0.6 is 0 Å². The van der Waals surface area contributed by atoms with E-state index in [2.05, 4.69) is 25.7 Å². The van der Waals surface area contributed by atoms with E-state index in [0.29, 0.717) is 19.6 Å². The van der Waals surface area contributed by atoms with Crippen LogP contribution in [0.3, 0.4) is 0 Å². The number of hydrogen-bond acceptors (Lipinski definition) is 5. The van der Waals surface area contributed by atoms with Crippen molar-refractivity contribution in [2.45, 2.75) is 25.9 Å². The molecule has 0 aromatic carbocycles. The lowest BCUT2D eigenvalue weighted by atomic mass is 10.4. The highest BCUT2D eigenvalue weighted by molar-refractivity contribution is 4.91. The summed E-state index contributed by atoms with van der Waals surface area (Å²) >= 11 is 0. The van der Waals surface area contributed by atoms with Crippen LogP contribution in [0.5, 0.6) is 0 Å². The first kappa shape index (κ1) is 13.4. The van der Waals surface area contributed by atoms with Crippen LogP contribution in [-0.4, -0.2) is 34.6 Å². The average molecular weight is 238 g/mol. The van der Waals surface area contributed by atoms with E-state index in [-0.39, 0.29) is 0 Å². The van der Waals surface area contributed by atoms with Gasteiger partial charge in [-0.2, -0.15) is 0 Å². The Kier molecular flexibility index (Phi) is 6.73. The molecule has 0 saturated heterocycles. The van der Waals surface area contributed by atoms with Crippen molar-refractivity contribution < 1.29 is 0 Å². The molecule has 0 aliphatic carbocycles. The summed E-state index contributed by atoms with van der Waals surface area (Å²) in [5, 5.41) is 14.7. The first-order valence-corrected chi connectivity index (χ1v) is 5.67. The standard InChI is InChI=1S/C9H18N8/c10-3-1-6-17-8-9(14-16-17)7-12-4-2-5-13-15-11/h8,12H,1-7,10H2. The SMILES string of the molecule is [N-]=[N+]=NCCCNCc1cn(CCCN)nn1. The Morgan fingerprint density at radius 2 is 2.41 bits per heavy atom. The van der Waals surface area contributed by atoms with Crippen LogP contribution in [-0.2, 0) is 13.1 Å². The van der Waals surface area contributed by atoms with Crippen molar-refractivity contribution in [1.82, 2.24) is 20.3 Å². The summed E-state index contributed by atoms with van der Waals surface area (Å²) in [7, 11) is 0. The minimum absolute atomic E-state index is 0.521. The Labute approximate surface area is 99.8 Å². The van der Waals surface area contributed by atoms with Crippen molar-refractivity contribution in [3.05, 3.63) is 22.3 Å². The molecule has 1 rings (SSSR count). The van der Waals surface area contributed by atoms with Gasteiger partial charge in [-0.05, 0) is 31.5 Å². The number of nitrogens with zero attached hydrogens (tertiary/aromatic N) is 6. The molecular formula is C9H18N8. The first-order valence-electron chi connectivity index (χ1n) is 5.67.